The van der Waals surface area contributed by atoms with Gasteiger partial charge in [-0.15, -0.1) is 0 Å². The summed E-state index contributed by atoms with van der Waals surface area (Å²) in [4.78, 5) is 0. The summed E-state index contributed by atoms with van der Waals surface area (Å²) in [7, 11) is 0. The second-order valence-corrected chi connectivity index (χ2v) is 4.20. The van der Waals surface area contributed by atoms with Gasteiger partial charge in [0.2, 0.25) is 0 Å². The summed E-state index contributed by atoms with van der Waals surface area (Å²) < 4.78 is 5.67. The lowest BCUT2D eigenvalue weighted by molar-refractivity contribution is 0.243. The molecule has 2 aromatic rings. The van der Waals surface area contributed by atoms with Crippen molar-refractivity contribution >= 4 is 10.8 Å². The zero-order valence-electron chi connectivity index (χ0n) is 10.3. The minimum atomic E-state index is -0.0311. The second kappa shape index (κ2) is 6.38. The monoisotopic (exact) mass is 246 g/mol. The van der Waals surface area contributed by atoms with Gasteiger partial charge in [0.1, 0.15) is 5.75 Å². The van der Waals surface area contributed by atoms with E-state index >= 15 is 0 Å². The van der Waals surface area contributed by atoms with Crippen LogP contribution in [0.5, 0.6) is 5.75 Å². The quantitative estimate of drug-likeness (QED) is 0.770. The first-order chi connectivity index (χ1) is 8.86. The van der Waals surface area contributed by atoms with E-state index in [1.54, 1.807) is 0 Å². The maximum atomic E-state index is 9.50. The van der Waals surface area contributed by atoms with E-state index in [2.05, 4.69) is 0 Å². The molecule has 2 rings (SSSR count). The molecule has 0 aliphatic rings. The molecule has 0 heterocycles. The molecular formula is C15H18O3. The predicted molar refractivity (Wildman–Crippen MR) is 71.7 cm³/mol. The SMILES string of the molecule is OCCCCOc1ccc2ccccc2c1CO. The van der Waals surface area contributed by atoms with Crippen molar-refractivity contribution in [3.8, 4) is 5.75 Å². The Kier molecular flexibility index (Phi) is 4.56. The fraction of sp³-hybridized carbons (Fsp3) is 0.333. The van der Waals surface area contributed by atoms with E-state index in [0.717, 1.165) is 34.9 Å². The van der Waals surface area contributed by atoms with E-state index in [4.69, 9.17) is 9.84 Å². The number of hydrogen-bond acceptors (Lipinski definition) is 3. The molecule has 0 aliphatic carbocycles. The minimum absolute atomic E-state index is 0.0311. The summed E-state index contributed by atoms with van der Waals surface area (Å²) in [5, 5.41) is 20.3. The van der Waals surface area contributed by atoms with Gasteiger partial charge < -0.3 is 14.9 Å². The van der Waals surface area contributed by atoms with E-state index in [0.29, 0.717) is 6.61 Å². The highest BCUT2D eigenvalue weighted by molar-refractivity contribution is 5.87. The van der Waals surface area contributed by atoms with Crippen LogP contribution in [0, 0.1) is 0 Å². The van der Waals surface area contributed by atoms with Crippen LogP contribution in [-0.4, -0.2) is 23.4 Å². The largest absolute Gasteiger partial charge is 0.493 e. The van der Waals surface area contributed by atoms with Crippen LogP contribution in [-0.2, 0) is 6.61 Å². The standard InChI is InChI=1S/C15H18O3/c16-9-3-4-10-18-15-8-7-12-5-1-2-6-13(12)14(15)11-17/h1-2,5-8,16-17H,3-4,9-11H2. The molecule has 0 bridgehead atoms. The van der Waals surface area contributed by atoms with Crippen LogP contribution in [0.2, 0.25) is 0 Å². The third-order valence-corrected chi connectivity index (χ3v) is 2.97. The Balaban J connectivity index is 2.22. The lowest BCUT2D eigenvalue weighted by atomic mass is 10.0. The number of aliphatic hydroxyl groups excluding tert-OH is 2. The molecule has 3 nitrogen and oxygen atoms in total. The second-order valence-electron chi connectivity index (χ2n) is 4.20. The molecule has 0 saturated heterocycles. The van der Waals surface area contributed by atoms with Gasteiger partial charge in [-0.25, -0.2) is 0 Å². The molecule has 0 spiro atoms. The van der Waals surface area contributed by atoms with Crippen molar-refractivity contribution in [3.05, 3.63) is 42.0 Å². The van der Waals surface area contributed by atoms with Gasteiger partial charge in [-0.2, -0.15) is 0 Å². The van der Waals surface area contributed by atoms with E-state index in [1.807, 2.05) is 36.4 Å². The van der Waals surface area contributed by atoms with Crippen LogP contribution in [0.15, 0.2) is 36.4 Å². The highest BCUT2D eigenvalue weighted by Gasteiger charge is 2.07. The van der Waals surface area contributed by atoms with Crippen molar-refractivity contribution in [3.63, 3.8) is 0 Å². The van der Waals surface area contributed by atoms with E-state index in [-0.39, 0.29) is 13.2 Å². The Morgan fingerprint density at radius 2 is 1.78 bits per heavy atom. The Labute approximate surface area is 107 Å². The van der Waals surface area contributed by atoms with Crippen molar-refractivity contribution < 1.29 is 14.9 Å². The van der Waals surface area contributed by atoms with Gasteiger partial charge in [0.05, 0.1) is 13.2 Å². The first kappa shape index (κ1) is 12.9. The summed E-state index contributed by atoms with van der Waals surface area (Å²) in [6.07, 6.45) is 1.55. The average Bonchev–Trinajstić information content (AvgIpc) is 2.43. The summed E-state index contributed by atoms with van der Waals surface area (Å²) in [5.41, 5.74) is 0.831. The Bertz CT molecular complexity index is 508. The fourth-order valence-corrected chi connectivity index (χ4v) is 2.01. The van der Waals surface area contributed by atoms with Gasteiger partial charge in [-0.1, -0.05) is 30.3 Å². The van der Waals surface area contributed by atoms with Gasteiger partial charge in [0.25, 0.3) is 0 Å². The Morgan fingerprint density at radius 3 is 2.56 bits per heavy atom. The zero-order valence-corrected chi connectivity index (χ0v) is 10.3. The van der Waals surface area contributed by atoms with Crippen molar-refractivity contribution in [2.24, 2.45) is 0 Å². The molecule has 2 N–H and O–H groups in total. The van der Waals surface area contributed by atoms with Crippen LogP contribution in [0.4, 0.5) is 0 Å². The molecule has 0 unspecified atom stereocenters. The molecule has 2 aromatic carbocycles. The Morgan fingerprint density at radius 1 is 0.944 bits per heavy atom. The molecule has 0 atom stereocenters. The number of hydrogen-bond donors (Lipinski definition) is 2. The van der Waals surface area contributed by atoms with Gasteiger partial charge in [0, 0.05) is 12.2 Å². The van der Waals surface area contributed by atoms with E-state index < -0.39 is 0 Å². The molecule has 3 heteroatoms. The average molecular weight is 246 g/mol. The number of ether oxygens (including phenoxy) is 1. The third kappa shape index (κ3) is 2.81. The van der Waals surface area contributed by atoms with Crippen molar-refractivity contribution in [1.29, 1.82) is 0 Å². The first-order valence-electron chi connectivity index (χ1n) is 6.22. The van der Waals surface area contributed by atoms with Crippen LogP contribution in [0.25, 0.3) is 10.8 Å². The molecule has 0 fully saturated rings. The van der Waals surface area contributed by atoms with Crippen LogP contribution in [0.1, 0.15) is 18.4 Å². The third-order valence-electron chi connectivity index (χ3n) is 2.97. The lowest BCUT2D eigenvalue weighted by Crippen LogP contribution is -2.01. The number of benzene rings is 2. The zero-order chi connectivity index (χ0) is 12.8. The highest BCUT2D eigenvalue weighted by Crippen LogP contribution is 2.28. The maximum absolute atomic E-state index is 9.50. The summed E-state index contributed by atoms with van der Waals surface area (Å²) in [6, 6.07) is 11.8. The summed E-state index contributed by atoms with van der Waals surface area (Å²) >= 11 is 0. The molecular weight excluding hydrogens is 228 g/mol. The van der Waals surface area contributed by atoms with Crippen molar-refractivity contribution in [1.82, 2.24) is 0 Å². The number of rotatable bonds is 6. The topological polar surface area (TPSA) is 49.7 Å². The maximum Gasteiger partial charge on any atom is 0.125 e. The van der Waals surface area contributed by atoms with Crippen LogP contribution in [0.3, 0.4) is 0 Å². The van der Waals surface area contributed by atoms with Crippen LogP contribution < -0.4 is 4.74 Å². The minimum Gasteiger partial charge on any atom is -0.493 e. The molecule has 18 heavy (non-hydrogen) atoms. The molecule has 0 radical (unpaired) electrons. The van der Waals surface area contributed by atoms with Gasteiger partial charge in [-0.3, -0.25) is 0 Å². The molecule has 96 valence electrons. The predicted octanol–water partition coefficient (Wildman–Crippen LogP) is 2.48. The molecule has 0 aliphatic heterocycles. The smallest absolute Gasteiger partial charge is 0.125 e. The fourth-order valence-electron chi connectivity index (χ4n) is 2.01. The summed E-state index contributed by atoms with van der Waals surface area (Å²) in [5.74, 6) is 0.731. The first-order valence-corrected chi connectivity index (χ1v) is 6.22. The Hall–Kier alpha value is -1.58. The van der Waals surface area contributed by atoms with Gasteiger partial charge >= 0.3 is 0 Å². The number of unbranched alkanes of at least 4 members (excludes halogenated alkanes) is 1. The van der Waals surface area contributed by atoms with E-state index in [9.17, 15) is 5.11 Å². The molecule has 0 amide bonds. The normalized spacial score (nSPS) is 10.8. The van der Waals surface area contributed by atoms with Crippen LogP contribution >= 0.6 is 0 Å². The van der Waals surface area contributed by atoms with E-state index in [1.165, 1.54) is 0 Å². The van der Waals surface area contributed by atoms with Gasteiger partial charge in [-0.05, 0) is 29.7 Å². The summed E-state index contributed by atoms with van der Waals surface area (Å²) in [6.45, 7) is 0.719. The number of aliphatic hydroxyl groups is 2. The molecule has 0 aromatic heterocycles. The highest BCUT2D eigenvalue weighted by atomic mass is 16.5. The molecule has 0 saturated carbocycles. The van der Waals surface area contributed by atoms with Gasteiger partial charge in [0.15, 0.2) is 0 Å². The lowest BCUT2D eigenvalue weighted by Gasteiger charge is -2.12. The number of fused-ring (bicyclic) bond motifs is 1. The van der Waals surface area contributed by atoms with Crippen molar-refractivity contribution in [2.45, 2.75) is 19.4 Å². The van der Waals surface area contributed by atoms with Crippen molar-refractivity contribution in [2.75, 3.05) is 13.2 Å².